The van der Waals surface area contributed by atoms with E-state index in [0.717, 1.165) is 0 Å². The molecule has 0 unspecified atom stereocenters. The average molecular weight is 272 g/mol. The van der Waals surface area contributed by atoms with E-state index in [1.165, 1.54) is 19.4 Å². The lowest BCUT2D eigenvalue weighted by Crippen LogP contribution is -2.20. The number of carbonyl (C=O) groups excluding carboxylic acids is 2. The van der Waals surface area contributed by atoms with Crippen LogP contribution in [0.15, 0.2) is 42.7 Å². The Bertz CT molecular complexity index is 598. The van der Waals surface area contributed by atoms with Crippen molar-refractivity contribution in [3.8, 4) is 5.75 Å². The Balaban J connectivity index is 2.37. The maximum absolute atomic E-state index is 12.4. The highest BCUT2D eigenvalue weighted by Crippen LogP contribution is 2.30. The molecule has 1 aromatic carbocycles. The highest BCUT2D eigenvalue weighted by molar-refractivity contribution is 6.25. The molecule has 0 spiro atoms. The highest BCUT2D eigenvalue weighted by Gasteiger charge is 2.28. The first kappa shape index (κ1) is 14.1. The summed E-state index contributed by atoms with van der Waals surface area (Å²) in [5, 5.41) is 0. The molecule has 1 aliphatic rings. The first-order chi connectivity index (χ1) is 9.58. The third-order valence-electron chi connectivity index (χ3n) is 3.17. The number of ketones is 2. The van der Waals surface area contributed by atoms with Crippen LogP contribution in [0.3, 0.4) is 0 Å². The quantitative estimate of drug-likeness (QED) is 0.773. The molecular weight excluding hydrogens is 256 g/mol. The summed E-state index contributed by atoms with van der Waals surface area (Å²) in [7, 11) is 1.48. The summed E-state index contributed by atoms with van der Waals surface area (Å²) in [5.74, 6) is 0.0578. The zero-order valence-electron chi connectivity index (χ0n) is 11.5. The van der Waals surface area contributed by atoms with Crippen molar-refractivity contribution in [2.75, 3.05) is 7.11 Å². The summed E-state index contributed by atoms with van der Waals surface area (Å²) in [5.41, 5.74) is 1.17. The lowest BCUT2D eigenvalue weighted by molar-refractivity contribution is 0.0964. The summed E-state index contributed by atoms with van der Waals surface area (Å²) >= 11 is 0. The van der Waals surface area contributed by atoms with Crippen molar-refractivity contribution in [2.45, 2.75) is 19.4 Å². The van der Waals surface area contributed by atoms with Crippen molar-refractivity contribution in [1.29, 1.82) is 0 Å². The van der Waals surface area contributed by atoms with Gasteiger partial charge in [-0.15, -0.1) is 0 Å². The van der Waals surface area contributed by atoms with Crippen molar-refractivity contribution < 1.29 is 19.1 Å². The molecule has 0 heterocycles. The monoisotopic (exact) mass is 272 g/mol. The van der Waals surface area contributed by atoms with Crippen LogP contribution in [0.25, 0.3) is 0 Å². The standard InChI is InChI=1S/C16H16O4/c1-4-20-10(2)8-11-9-13(17)15-12(16(11)18)6-5-7-14(15)19-3/h4-7,9-10H,1,8H2,2-3H3/t10-/m1/s1. The molecule has 0 aromatic heterocycles. The number of carbonyl (C=O) groups is 2. The number of hydrogen-bond donors (Lipinski definition) is 0. The van der Waals surface area contributed by atoms with Gasteiger partial charge < -0.3 is 9.47 Å². The van der Waals surface area contributed by atoms with Crippen LogP contribution in [0.2, 0.25) is 0 Å². The number of Topliss-reactive ketones (excluding diaryl/α,β-unsaturated/α-hetero) is 1. The van der Waals surface area contributed by atoms with Crippen LogP contribution in [-0.4, -0.2) is 24.8 Å². The third kappa shape index (κ3) is 2.50. The fourth-order valence-corrected chi connectivity index (χ4v) is 2.29. The fraction of sp³-hybridized carbons (Fsp3) is 0.250. The molecule has 2 rings (SSSR count). The zero-order valence-corrected chi connectivity index (χ0v) is 11.5. The molecule has 4 heteroatoms. The molecule has 0 N–H and O–H groups in total. The predicted octanol–water partition coefficient (Wildman–Crippen LogP) is 2.94. The van der Waals surface area contributed by atoms with Gasteiger partial charge in [-0.2, -0.15) is 0 Å². The number of fused-ring (bicyclic) bond motifs is 1. The molecule has 0 saturated heterocycles. The van der Waals surface area contributed by atoms with Crippen molar-refractivity contribution in [2.24, 2.45) is 0 Å². The van der Waals surface area contributed by atoms with Crippen molar-refractivity contribution >= 4 is 11.6 Å². The summed E-state index contributed by atoms with van der Waals surface area (Å²) in [4.78, 5) is 24.6. The van der Waals surface area contributed by atoms with Crippen molar-refractivity contribution in [3.63, 3.8) is 0 Å². The SMILES string of the molecule is C=CO[C@H](C)CC1=CC(=O)c2c(OC)cccc2C1=O. The normalized spacial score (nSPS) is 15.2. The maximum atomic E-state index is 12.4. The van der Waals surface area contributed by atoms with E-state index in [0.29, 0.717) is 28.9 Å². The Morgan fingerprint density at radius 2 is 2.10 bits per heavy atom. The van der Waals surface area contributed by atoms with E-state index in [1.807, 2.05) is 6.92 Å². The van der Waals surface area contributed by atoms with Gasteiger partial charge in [-0.3, -0.25) is 9.59 Å². The first-order valence-corrected chi connectivity index (χ1v) is 6.31. The van der Waals surface area contributed by atoms with Crippen LogP contribution in [0.5, 0.6) is 5.75 Å². The minimum Gasteiger partial charge on any atom is -0.499 e. The van der Waals surface area contributed by atoms with Gasteiger partial charge in [0.2, 0.25) is 0 Å². The van der Waals surface area contributed by atoms with E-state index in [2.05, 4.69) is 6.58 Å². The molecule has 104 valence electrons. The largest absolute Gasteiger partial charge is 0.499 e. The maximum Gasteiger partial charge on any atom is 0.190 e. The molecule has 0 radical (unpaired) electrons. The second kappa shape index (κ2) is 5.74. The lowest BCUT2D eigenvalue weighted by Gasteiger charge is -2.19. The Morgan fingerprint density at radius 1 is 1.35 bits per heavy atom. The number of methoxy groups -OCH3 is 1. The Morgan fingerprint density at radius 3 is 2.75 bits per heavy atom. The molecule has 0 fully saturated rings. The average Bonchev–Trinajstić information content (AvgIpc) is 2.43. The van der Waals surface area contributed by atoms with Crippen LogP contribution in [-0.2, 0) is 4.74 Å². The summed E-state index contributed by atoms with van der Waals surface area (Å²) in [6, 6.07) is 5.02. The zero-order chi connectivity index (χ0) is 14.7. The van der Waals surface area contributed by atoms with Gasteiger partial charge in [0.1, 0.15) is 5.75 Å². The summed E-state index contributed by atoms with van der Waals surface area (Å²) in [6.45, 7) is 5.30. The highest BCUT2D eigenvalue weighted by atomic mass is 16.5. The van der Waals surface area contributed by atoms with E-state index in [9.17, 15) is 9.59 Å². The first-order valence-electron chi connectivity index (χ1n) is 6.31. The predicted molar refractivity (Wildman–Crippen MR) is 75.1 cm³/mol. The summed E-state index contributed by atoms with van der Waals surface area (Å²) < 4.78 is 10.3. The Kier molecular flexibility index (Phi) is 4.03. The minimum absolute atomic E-state index is 0.155. The van der Waals surface area contributed by atoms with Crippen LogP contribution in [0.4, 0.5) is 0 Å². The molecule has 1 atom stereocenters. The van der Waals surface area contributed by atoms with Crippen LogP contribution in [0, 0.1) is 0 Å². The van der Waals surface area contributed by atoms with Gasteiger partial charge in [-0.25, -0.2) is 0 Å². The van der Waals surface area contributed by atoms with E-state index < -0.39 is 0 Å². The molecular formula is C16H16O4. The molecule has 0 bridgehead atoms. The molecule has 20 heavy (non-hydrogen) atoms. The Hall–Kier alpha value is -2.36. The van der Waals surface area contributed by atoms with Crippen molar-refractivity contribution in [3.05, 3.63) is 53.8 Å². The topological polar surface area (TPSA) is 52.6 Å². The fourth-order valence-electron chi connectivity index (χ4n) is 2.29. The van der Waals surface area contributed by atoms with E-state index in [1.54, 1.807) is 18.2 Å². The minimum atomic E-state index is -0.210. The second-order valence-corrected chi connectivity index (χ2v) is 4.56. The lowest BCUT2D eigenvalue weighted by atomic mass is 9.87. The molecule has 1 aromatic rings. The van der Waals surface area contributed by atoms with Crippen LogP contribution >= 0.6 is 0 Å². The van der Waals surface area contributed by atoms with Gasteiger partial charge in [0.15, 0.2) is 11.6 Å². The number of allylic oxidation sites excluding steroid dienone is 1. The van der Waals surface area contributed by atoms with Crippen molar-refractivity contribution in [1.82, 2.24) is 0 Å². The molecule has 0 amide bonds. The number of benzene rings is 1. The molecule has 1 aliphatic carbocycles. The van der Waals surface area contributed by atoms with Gasteiger partial charge in [0, 0.05) is 17.6 Å². The van der Waals surface area contributed by atoms with Gasteiger partial charge in [-0.1, -0.05) is 18.7 Å². The smallest absolute Gasteiger partial charge is 0.190 e. The number of rotatable bonds is 5. The number of hydrogen-bond acceptors (Lipinski definition) is 4. The van der Waals surface area contributed by atoms with Crippen LogP contribution in [0.1, 0.15) is 34.1 Å². The van der Waals surface area contributed by atoms with E-state index in [-0.39, 0.29) is 17.7 Å². The number of ether oxygens (including phenoxy) is 2. The second-order valence-electron chi connectivity index (χ2n) is 4.56. The third-order valence-corrected chi connectivity index (χ3v) is 3.17. The summed E-state index contributed by atoms with van der Waals surface area (Å²) in [6.07, 6.45) is 2.86. The van der Waals surface area contributed by atoms with Crippen LogP contribution < -0.4 is 4.74 Å². The van der Waals surface area contributed by atoms with Gasteiger partial charge in [0.25, 0.3) is 0 Å². The Labute approximate surface area is 117 Å². The van der Waals surface area contributed by atoms with Gasteiger partial charge >= 0.3 is 0 Å². The van der Waals surface area contributed by atoms with Gasteiger partial charge in [-0.05, 0) is 19.1 Å². The van der Waals surface area contributed by atoms with E-state index >= 15 is 0 Å². The molecule has 4 nitrogen and oxygen atoms in total. The van der Waals surface area contributed by atoms with E-state index in [4.69, 9.17) is 9.47 Å². The molecule has 0 aliphatic heterocycles. The van der Waals surface area contributed by atoms with Gasteiger partial charge in [0.05, 0.1) is 25.0 Å². The molecule has 0 saturated carbocycles.